The Labute approximate surface area is 101 Å². The number of halogens is 3. The fraction of sp³-hybridized carbons (Fsp3) is 0.364. The van der Waals surface area contributed by atoms with E-state index in [0.717, 1.165) is 0 Å². The summed E-state index contributed by atoms with van der Waals surface area (Å²) in [5, 5.41) is 9.30. The zero-order valence-corrected chi connectivity index (χ0v) is 9.49. The number of ether oxygens (including phenoxy) is 1. The summed E-state index contributed by atoms with van der Waals surface area (Å²) in [5.74, 6) is -4.67. The van der Waals surface area contributed by atoms with Gasteiger partial charge in [-0.2, -0.15) is 0 Å². The first-order chi connectivity index (χ1) is 8.40. The second-order valence-corrected chi connectivity index (χ2v) is 3.47. The molecule has 0 aromatic heterocycles. The molecule has 0 aliphatic rings. The Balaban J connectivity index is 3.07. The van der Waals surface area contributed by atoms with Crippen LogP contribution in [0.3, 0.4) is 0 Å². The molecule has 0 heterocycles. The molecular formula is C11H12F3NO3. The van der Waals surface area contributed by atoms with Gasteiger partial charge in [0.2, 0.25) is 6.17 Å². The predicted molar refractivity (Wildman–Crippen MR) is 56.5 cm³/mol. The van der Waals surface area contributed by atoms with E-state index in [2.05, 4.69) is 4.74 Å². The second-order valence-electron chi connectivity index (χ2n) is 3.47. The summed E-state index contributed by atoms with van der Waals surface area (Å²) in [5.41, 5.74) is 4.50. The molecule has 1 aromatic carbocycles. The summed E-state index contributed by atoms with van der Waals surface area (Å²) in [4.78, 5) is 11.1. The molecule has 0 saturated heterocycles. The highest BCUT2D eigenvalue weighted by atomic mass is 19.1. The van der Waals surface area contributed by atoms with Crippen LogP contribution in [0.4, 0.5) is 13.2 Å². The maximum absolute atomic E-state index is 13.6. The topological polar surface area (TPSA) is 72.5 Å². The number of hydrogen-bond donors (Lipinski definition) is 2. The van der Waals surface area contributed by atoms with Crippen LogP contribution < -0.4 is 5.73 Å². The number of carbonyl (C=O) groups excluding carboxylic acids is 1. The Morgan fingerprint density at radius 3 is 2.56 bits per heavy atom. The van der Waals surface area contributed by atoms with Crippen LogP contribution >= 0.6 is 0 Å². The number of esters is 1. The third-order valence-electron chi connectivity index (χ3n) is 2.28. The van der Waals surface area contributed by atoms with Crippen LogP contribution in [-0.4, -0.2) is 23.9 Å². The zero-order valence-electron chi connectivity index (χ0n) is 9.49. The fourth-order valence-corrected chi connectivity index (χ4v) is 1.39. The SMILES string of the molecule is CCOC(=O)C(F)[C@H](N)c1c(F)ccc(F)c1O. The maximum atomic E-state index is 13.6. The minimum absolute atomic E-state index is 0.0798. The number of hydrogen-bond acceptors (Lipinski definition) is 4. The quantitative estimate of drug-likeness (QED) is 0.809. The van der Waals surface area contributed by atoms with Crippen LogP contribution in [-0.2, 0) is 9.53 Å². The Kier molecular flexibility index (Phi) is 4.55. The standard InChI is InChI=1S/C11H12F3NO3/c1-2-18-11(17)8(14)9(15)7-5(12)3-4-6(13)10(7)16/h3-4,8-9,16H,2,15H2,1H3/t8?,9-/m1/s1. The average Bonchev–Trinajstić information content (AvgIpc) is 2.33. The Morgan fingerprint density at radius 1 is 1.44 bits per heavy atom. The van der Waals surface area contributed by atoms with Gasteiger partial charge in [-0.3, -0.25) is 0 Å². The van der Waals surface area contributed by atoms with Gasteiger partial charge in [-0.15, -0.1) is 0 Å². The van der Waals surface area contributed by atoms with E-state index in [1.165, 1.54) is 6.92 Å². The van der Waals surface area contributed by atoms with E-state index in [9.17, 15) is 23.1 Å². The molecule has 0 bridgehead atoms. The van der Waals surface area contributed by atoms with E-state index in [1.54, 1.807) is 0 Å². The normalized spacial score (nSPS) is 14.1. The maximum Gasteiger partial charge on any atom is 0.342 e. The van der Waals surface area contributed by atoms with Gasteiger partial charge in [0.25, 0.3) is 0 Å². The lowest BCUT2D eigenvalue weighted by Crippen LogP contribution is -2.32. The van der Waals surface area contributed by atoms with Gasteiger partial charge in [-0.1, -0.05) is 0 Å². The molecule has 0 radical (unpaired) electrons. The highest BCUT2D eigenvalue weighted by Gasteiger charge is 2.32. The van der Waals surface area contributed by atoms with E-state index in [0.29, 0.717) is 12.1 Å². The zero-order chi connectivity index (χ0) is 13.9. The Hall–Kier alpha value is -1.76. The van der Waals surface area contributed by atoms with Crippen LogP contribution in [0.15, 0.2) is 12.1 Å². The van der Waals surface area contributed by atoms with Crippen LogP contribution in [0.2, 0.25) is 0 Å². The van der Waals surface area contributed by atoms with Crippen molar-refractivity contribution in [1.82, 2.24) is 0 Å². The van der Waals surface area contributed by atoms with Gasteiger partial charge in [0.1, 0.15) is 5.82 Å². The molecule has 0 spiro atoms. The molecule has 7 heteroatoms. The molecule has 1 rings (SSSR count). The monoisotopic (exact) mass is 263 g/mol. The van der Waals surface area contributed by atoms with E-state index in [1.807, 2.05) is 0 Å². The number of rotatable bonds is 4. The molecule has 3 N–H and O–H groups in total. The van der Waals surface area contributed by atoms with Crippen molar-refractivity contribution in [3.63, 3.8) is 0 Å². The molecule has 1 aromatic rings. The van der Waals surface area contributed by atoms with Crippen molar-refractivity contribution in [1.29, 1.82) is 0 Å². The molecule has 2 atom stereocenters. The molecule has 0 aliphatic heterocycles. The van der Waals surface area contributed by atoms with Gasteiger partial charge < -0.3 is 15.6 Å². The molecule has 0 fully saturated rings. The molecule has 18 heavy (non-hydrogen) atoms. The van der Waals surface area contributed by atoms with Crippen molar-refractivity contribution >= 4 is 5.97 Å². The smallest absolute Gasteiger partial charge is 0.342 e. The van der Waals surface area contributed by atoms with Crippen molar-refractivity contribution < 1.29 is 27.8 Å². The lowest BCUT2D eigenvalue weighted by Gasteiger charge is -2.17. The minimum Gasteiger partial charge on any atom is -0.505 e. The average molecular weight is 263 g/mol. The number of alkyl halides is 1. The molecule has 100 valence electrons. The van der Waals surface area contributed by atoms with Crippen LogP contribution in [0.25, 0.3) is 0 Å². The number of phenols is 1. The van der Waals surface area contributed by atoms with E-state index < -0.39 is 41.1 Å². The van der Waals surface area contributed by atoms with Crippen molar-refractivity contribution in [3.05, 3.63) is 29.3 Å². The molecular weight excluding hydrogens is 251 g/mol. The lowest BCUT2D eigenvalue weighted by molar-refractivity contribution is -0.150. The fourth-order valence-electron chi connectivity index (χ4n) is 1.39. The molecule has 1 unspecified atom stereocenters. The minimum atomic E-state index is -2.40. The van der Waals surface area contributed by atoms with Crippen LogP contribution in [0.1, 0.15) is 18.5 Å². The van der Waals surface area contributed by atoms with Crippen LogP contribution in [0.5, 0.6) is 5.75 Å². The van der Waals surface area contributed by atoms with Crippen molar-refractivity contribution in [2.45, 2.75) is 19.1 Å². The van der Waals surface area contributed by atoms with Crippen molar-refractivity contribution in [2.75, 3.05) is 6.61 Å². The second kappa shape index (κ2) is 5.72. The van der Waals surface area contributed by atoms with Crippen molar-refractivity contribution in [2.24, 2.45) is 5.73 Å². The number of benzene rings is 1. The van der Waals surface area contributed by atoms with E-state index >= 15 is 0 Å². The Morgan fingerprint density at radius 2 is 2.00 bits per heavy atom. The van der Waals surface area contributed by atoms with Gasteiger partial charge in [0.15, 0.2) is 11.6 Å². The summed E-state index contributed by atoms with van der Waals surface area (Å²) in [6, 6.07) is -0.500. The predicted octanol–water partition coefficient (Wildman–Crippen LogP) is 1.57. The number of aromatic hydroxyl groups is 1. The third kappa shape index (κ3) is 2.73. The first-order valence-electron chi connectivity index (χ1n) is 5.13. The summed E-state index contributed by atoms with van der Waals surface area (Å²) >= 11 is 0. The largest absolute Gasteiger partial charge is 0.505 e. The third-order valence-corrected chi connectivity index (χ3v) is 2.28. The van der Waals surface area contributed by atoms with Crippen LogP contribution in [0, 0.1) is 11.6 Å². The first kappa shape index (κ1) is 14.3. The number of phenolic OH excluding ortho intramolecular Hbond substituents is 1. The van der Waals surface area contributed by atoms with E-state index in [4.69, 9.17) is 5.73 Å². The number of nitrogens with two attached hydrogens (primary N) is 1. The molecule has 0 saturated carbocycles. The van der Waals surface area contributed by atoms with Crippen molar-refractivity contribution in [3.8, 4) is 5.75 Å². The van der Waals surface area contributed by atoms with Gasteiger partial charge in [-0.25, -0.2) is 18.0 Å². The molecule has 0 amide bonds. The van der Waals surface area contributed by atoms with Gasteiger partial charge in [0, 0.05) is 0 Å². The summed E-state index contributed by atoms with van der Waals surface area (Å²) in [6.45, 7) is 1.37. The summed E-state index contributed by atoms with van der Waals surface area (Å²) in [7, 11) is 0. The highest BCUT2D eigenvalue weighted by molar-refractivity contribution is 5.76. The number of carbonyl (C=O) groups is 1. The van der Waals surface area contributed by atoms with Gasteiger partial charge >= 0.3 is 5.97 Å². The molecule has 4 nitrogen and oxygen atoms in total. The first-order valence-corrected chi connectivity index (χ1v) is 5.13. The van der Waals surface area contributed by atoms with Gasteiger partial charge in [0.05, 0.1) is 18.2 Å². The van der Waals surface area contributed by atoms with Gasteiger partial charge in [-0.05, 0) is 19.1 Å². The lowest BCUT2D eigenvalue weighted by atomic mass is 10.0. The molecule has 0 aliphatic carbocycles. The highest BCUT2D eigenvalue weighted by Crippen LogP contribution is 2.31. The summed E-state index contributed by atoms with van der Waals surface area (Å²) < 4.78 is 44.3. The van der Waals surface area contributed by atoms with E-state index in [-0.39, 0.29) is 6.61 Å². The summed E-state index contributed by atoms with van der Waals surface area (Å²) in [6.07, 6.45) is -2.40. The Bertz CT molecular complexity index is 453.